The van der Waals surface area contributed by atoms with Gasteiger partial charge >= 0.3 is 11.4 Å². The van der Waals surface area contributed by atoms with Gasteiger partial charge in [-0.05, 0) is 30.2 Å². The topological polar surface area (TPSA) is 67.8 Å². The summed E-state index contributed by atoms with van der Waals surface area (Å²) in [7, 11) is 0. The second-order valence-electron chi connectivity index (χ2n) is 3.13. The highest BCUT2D eigenvalue weighted by Crippen LogP contribution is 2.15. The molecule has 2 aromatic heterocycles. The van der Waals surface area contributed by atoms with Gasteiger partial charge in [-0.2, -0.15) is 4.98 Å². The molecule has 0 atom stereocenters. The summed E-state index contributed by atoms with van der Waals surface area (Å²) >= 11 is 2.57. The number of hydrogen-bond donors (Lipinski definition) is 1. The third-order valence-corrected chi connectivity index (χ3v) is 3.55. The van der Waals surface area contributed by atoms with Crippen LogP contribution in [0, 0.1) is 6.92 Å². The Balaban J connectivity index is 2.67. The van der Waals surface area contributed by atoms with Gasteiger partial charge < -0.3 is 0 Å². The summed E-state index contributed by atoms with van der Waals surface area (Å²) in [5.41, 5.74) is 0.0152. The number of aromatic nitrogens is 3. The number of H-pyrrole nitrogens is 1. The molecule has 7 heteroatoms. The number of rotatable bonds is 2. The Bertz CT molecular complexity index is 595. The van der Waals surface area contributed by atoms with Gasteiger partial charge in [-0.15, -0.1) is 11.3 Å². The summed E-state index contributed by atoms with van der Waals surface area (Å²) in [5, 5.41) is 2.80. The van der Waals surface area contributed by atoms with E-state index in [1.54, 1.807) is 12.3 Å². The van der Waals surface area contributed by atoms with E-state index in [2.05, 4.69) is 9.97 Å². The predicted octanol–water partition coefficient (Wildman–Crippen LogP) is 1.01. The Morgan fingerprint density at radius 1 is 1.50 bits per heavy atom. The van der Waals surface area contributed by atoms with E-state index in [-0.39, 0.29) is 0 Å². The van der Waals surface area contributed by atoms with Crippen molar-refractivity contribution in [2.75, 3.05) is 6.26 Å². The molecule has 2 rings (SSSR count). The highest BCUT2D eigenvalue weighted by molar-refractivity contribution is 7.98. The van der Waals surface area contributed by atoms with Gasteiger partial charge in [0.25, 0.3) is 0 Å². The molecule has 0 saturated carbocycles. The fraction of sp³-hybridized carbons (Fsp3) is 0.222. The monoisotopic (exact) mass is 255 g/mol. The molecule has 16 heavy (non-hydrogen) atoms. The zero-order chi connectivity index (χ0) is 11.7. The lowest BCUT2D eigenvalue weighted by atomic mass is 10.4. The Labute approximate surface area is 99.2 Å². The SMILES string of the molecule is CSc1nc(=O)n(-c2cc(C)cs2)c(=O)[nH]1. The van der Waals surface area contributed by atoms with Gasteiger partial charge in [-0.25, -0.2) is 14.2 Å². The number of thioether (sulfide) groups is 1. The minimum Gasteiger partial charge on any atom is -0.286 e. The summed E-state index contributed by atoms with van der Waals surface area (Å²) < 4.78 is 1.04. The molecule has 84 valence electrons. The minimum atomic E-state index is -0.546. The number of nitrogens with zero attached hydrogens (tertiary/aromatic N) is 2. The fourth-order valence-electron chi connectivity index (χ4n) is 1.22. The van der Waals surface area contributed by atoms with Crippen LogP contribution in [0.3, 0.4) is 0 Å². The van der Waals surface area contributed by atoms with Crippen molar-refractivity contribution in [2.24, 2.45) is 0 Å². The number of hydrogen-bond acceptors (Lipinski definition) is 5. The van der Waals surface area contributed by atoms with Gasteiger partial charge in [0.2, 0.25) is 0 Å². The molecule has 0 fully saturated rings. The number of nitrogens with one attached hydrogen (secondary N) is 1. The summed E-state index contributed by atoms with van der Waals surface area (Å²) in [6.07, 6.45) is 1.75. The van der Waals surface area contributed by atoms with E-state index in [1.165, 1.54) is 23.1 Å². The van der Waals surface area contributed by atoms with Crippen LogP contribution >= 0.6 is 23.1 Å². The molecule has 0 unspecified atom stereocenters. The molecule has 0 aliphatic heterocycles. The van der Waals surface area contributed by atoms with Crippen LogP contribution in [0.25, 0.3) is 5.00 Å². The Morgan fingerprint density at radius 3 is 2.75 bits per heavy atom. The van der Waals surface area contributed by atoms with Crippen molar-refractivity contribution in [3.05, 3.63) is 38.0 Å². The van der Waals surface area contributed by atoms with Crippen LogP contribution in [0.15, 0.2) is 26.2 Å². The molecule has 0 saturated heterocycles. The molecule has 1 N–H and O–H groups in total. The molecule has 0 aliphatic rings. The van der Waals surface area contributed by atoms with E-state index in [9.17, 15) is 9.59 Å². The predicted molar refractivity (Wildman–Crippen MR) is 64.8 cm³/mol. The Hall–Kier alpha value is -1.34. The zero-order valence-corrected chi connectivity index (χ0v) is 10.3. The lowest BCUT2D eigenvalue weighted by Crippen LogP contribution is -2.35. The molecular weight excluding hydrogens is 246 g/mol. The van der Waals surface area contributed by atoms with E-state index in [0.717, 1.165) is 10.1 Å². The Morgan fingerprint density at radius 2 is 2.25 bits per heavy atom. The standard InChI is InChI=1S/C9H9N3O2S2/c1-5-3-6(16-4-5)12-8(13)10-7(15-2)11-9(12)14/h3-4H,1-2H3,(H,10,11,13,14). The average molecular weight is 255 g/mol. The van der Waals surface area contributed by atoms with Crippen LogP contribution in [0.4, 0.5) is 0 Å². The zero-order valence-electron chi connectivity index (χ0n) is 8.68. The van der Waals surface area contributed by atoms with Gasteiger partial charge in [0.1, 0.15) is 5.00 Å². The van der Waals surface area contributed by atoms with Crippen molar-refractivity contribution in [3.63, 3.8) is 0 Å². The average Bonchev–Trinajstić information content (AvgIpc) is 2.63. The maximum atomic E-state index is 11.7. The molecule has 0 amide bonds. The second kappa shape index (κ2) is 4.26. The van der Waals surface area contributed by atoms with Crippen molar-refractivity contribution in [3.8, 4) is 5.00 Å². The summed E-state index contributed by atoms with van der Waals surface area (Å²) in [6.45, 7) is 1.91. The van der Waals surface area contributed by atoms with Crippen molar-refractivity contribution >= 4 is 23.1 Å². The minimum absolute atomic E-state index is 0.333. The first-order valence-corrected chi connectivity index (χ1v) is 6.55. The third kappa shape index (κ3) is 1.96. The van der Waals surface area contributed by atoms with Crippen LogP contribution in [-0.4, -0.2) is 20.8 Å². The van der Waals surface area contributed by atoms with Gasteiger partial charge in [0.05, 0.1) is 0 Å². The number of thiophene rings is 1. The third-order valence-electron chi connectivity index (χ3n) is 1.94. The lowest BCUT2D eigenvalue weighted by Gasteiger charge is -2.00. The molecule has 2 aromatic rings. The molecule has 0 aromatic carbocycles. The van der Waals surface area contributed by atoms with Gasteiger partial charge in [0, 0.05) is 0 Å². The van der Waals surface area contributed by atoms with Crippen molar-refractivity contribution in [2.45, 2.75) is 12.1 Å². The number of aryl methyl sites for hydroxylation is 1. The van der Waals surface area contributed by atoms with Crippen molar-refractivity contribution < 1.29 is 0 Å². The van der Waals surface area contributed by atoms with Crippen LogP contribution in [0.5, 0.6) is 0 Å². The molecule has 0 bridgehead atoms. The highest BCUT2D eigenvalue weighted by Gasteiger charge is 2.08. The summed E-state index contributed by atoms with van der Waals surface area (Å²) in [5.74, 6) is 0. The molecule has 5 nitrogen and oxygen atoms in total. The normalized spacial score (nSPS) is 10.6. The van der Waals surface area contributed by atoms with E-state index in [4.69, 9.17) is 0 Å². The molecular formula is C9H9N3O2S2. The molecule has 0 aliphatic carbocycles. The number of aromatic amines is 1. The van der Waals surface area contributed by atoms with Gasteiger partial charge in [-0.1, -0.05) is 11.8 Å². The summed E-state index contributed by atoms with van der Waals surface area (Å²) in [6, 6.07) is 1.78. The van der Waals surface area contributed by atoms with Crippen molar-refractivity contribution in [1.82, 2.24) is 14.5 Å². The summed E-state index contributed by atoms with van der Waals surface area (Å²) in [4.78, 5) is 29.6. The maximum Gasteiger partial charge on any atom is 0.359 e. The second-order valence-corrected chi connectivity index (χ2v) is 4.82. The van der Waals surface area contributed by atoms with E-state index < -0.39 is 11.4 Å². The molecule has 0 spiro atoms. The maximum absolute atomic E-state index is 11.7. The molecule has 0 radical (unpaired) electrons. The largest absolute Gasteiger partial charge is 0.359 e. The lowest BCUT2D eigenvalue weighted by molar-refractivity contribution is 0.750. The van der Waals surface area contributed by atoms with Gasteiger partial charge in [-0.3, -0.25) is 4.98 Å². The van der Waals surface area contributed by atoms with E-state index >= 15 is 0 Å². The molecule has 2 heterocycles. The fourth-order valence-corrected chi connectivity index (χ4v) is 2.48. The highest BCUT2D eigenvalue weighted by atomic mass is 32.2. The quantitative estimate of drug-likeness (QED) is 0.813. The van der Waals surface area contributed by atoms with Crippen LogP contribution in [0.1, 0.15) is 5.56 Å². The first-order valence-electron chi connectivity index (χ1n) is 4.44. The smallest absolute Gasteiger partial charge is 0.286 e. The first-order chi connectivity index (χ1) is 7.61. The van der Waals surface area contributed by atoms with Crippen molar-refractivity contribution in [1.29, 1.82) is 0 Å². The van der Waals surface area contributed by atoms with Gasteiger partial charge in [0.15, 0.2) is 5.16 Å². The first kappa shape index (κ1) is 11.2. The van der Waals surface area contributed by atoms with E-state index in [1.807, 2.05) is 12.3 Å². The van der Waals surface area contributed by atoms with Crippen LogP contribution in [0.2, 0.25) is 0 Å². The van der Waals surface area contributed by atoms with Crippen LogP contribution < -0.4 is 11.4 Å². The Kier molecular flexibility index (Phi) is 2.97. The van der Waals surface area contributed by atoms with Crippen LogP contribution in [-0.2, 0) is 0 Å². The van der Waals surface area contributed by atoms with E-state index in [0.29, 0.717) is 10.2 Å².